The summed E-state index contributed by atoms with van der Waals surface area (Å²) < 4.78 is 24.1. The molecule has 9 atom stereocenters. The maximum Gasteiger partial charge on any atom is 0.410 e. The lowest BCUT2D eigenvalue weighted by Crippen LogP contribution is -2.56. The van der Waals surface area contributed by atoms with Gasteiger partial charge in [-0.3, -0.25) is 0 Å². The fourth-order valence-corrected chi connectivity index (χ4v) is 13.0. The zero-order chi connectivity index (χ0) is 46.0. The van der Waals surface area contributed by atoms with E-state index in [1.807, 2.05) is 67.2 Å². The van der Waals surface area contributed by atoms with Gasteiger partial charge in [-0.2, -0.15) is 0 Å². The lowest BCUT2D eigenvalue weighted by Gasteiger charge is -2.62. The Hall–Kier alpha value is -2.01. The molecule has 0 bridgehead atoms. The Balaban J connectivity index is 1.40. The molecule has 3 amide bonds. The van der Waals surface area contributed by atoms with Gasteiger partial charge in [0.2, 0.25) is 0 Å². The molecule has 4 aliphatic rings. The van der Waals surface area contributed by atoms with Crippen molar-refractivity contribution in [1.29, 1.82) is 0 Å². The maximum atomic E-state index is 14.1. The second-order valence-corrected chi connectivity index (χ2v) is 29.8. The topological polar surface area (TPSA) is 107 Å². The molecule has 4 rings (SSSR count). The van der Waals surface area contributed by atoms with Gasteiger partial charge in [0, 0.05) is 38.8 Å². The Morgan fingerprint density at radius 1 is 0.689 bits per heavy atom. The average molecular weight is 876 g/mol. The molecule has 10 nitrogen and oxygen atoms in total. The molecular weight excluding hydrogens is 783 g/mol. The van der Waals surface area contributed by atoms with Crippen molar-refractivity contribution in [2.75, 3.05) is 32.8 Å². The van der Waals surface area contributed by atoms with Crippen molar-refractivity contribution in [3.05, 3.63) is 0 Å². The number of hydrogen-bond acceptors (Lipinski definition) is 7. The number of carbonyl (C=O) groups is 3. The highest BCUT2D eigenvalue weighted by atomic mass is 28.4. The van der Waals surface area contributed by atoms with Crippen LogP contribution in [0, 0.1) is 46.3 Å². The first-order chi connectivity index (χ1) is 27.9. The van der Waals surface area contributed by atoms with E-state index >= 15 is 0 Å². The monoisotopic (exact) mass is 876 g/mol. The zero-order valence-corrected chi connectivity index (χ0v) is 43.3. The fraction of sp³-hybridized carbons (Fsp3) is 0.940. The number of hydrogen-bond donors (Lipinski definition) is 1. The van der Waals surface area contributed by atoms with Gasteiger partial charge in [0.05, 0.1) is 0 Å². The van der Waals surface area contributed by atoms with E-state index in [2.05, 4.69) is 60.0 Å². The summed E-state index contributed by atoms with van der Waals surface area (Å²) in [5, 5.41) is 3.05. The van der Waals surface area contributed by atoms with Crippen molar-refractivity contribution < 1.29 is 33.0 Å². The minimum atomic E-state index is -1.79. The van der Waals surface area contributed by atoms with Gasteiger partial charge in [-0.05, 0) is 204 Å². The summed E-state index contributed by atoms with van der Waals surface area (Å²) in [6, 6.07) is 0.116. The van der Waals surface area contributed by atoms with E-state index < -0.39 is 31.2 Å². The van der Waals surface area contributed by atoms with Gasteiger partial charge in [-0.15, -0.1) is 0 Å². The highest BCUT2D eigenvalue weighted by molar-refractivity contribution is 6.74. The standard InChI is InChI=1S/C50H93N3O7Si/c1-35(34-57-61(16,17)48(11,12)13)39-23-24-40-38-22-21-36-33-37(25-27-49(36,14)41(38)26-28-50(39,40)15)53(44(56)60-47(8,9)10)32-20-31-52(43(55)59-46(5,6)7)30-19-18-29-51-42(54)58-45(2,3)4/h35-41H,18-34H2,1-17H3,(H,51,54)/t35-,36+,37+,38+,39-,40+,41+,49+,50-/m1/s1. The van der Waals surface area contributed by atoms with Crippen LogP contribution in [0.3, 0.4) is 0 Å². The Morgan fingerprint density at radius 2 is 1.26 bits per heavy atom. The third kappa shape index (κ3) is 13.5. The van der Waals surface area contributed by atoms with E-state index in [1.165, 1.54) is 38.5 Å². The van der Waals surface area contributed by atoms with Gasteiger partial charge >= 0.3 is 18.3 Å². The van der Waals surface area contributed by atoms with Crippen LogP contribution in [0.2, 0.25) is 18.1 Å². The molecule has 11 heteroatoms. The lowest BCUT2D eigenvalue weighted by atomic mass is 9.44. The molecular formula is C50H93N3O7Si. The number of nitrogens with zero attached hydrogens (tertiary/aromatic N) is 2. The molecule has 0 aromatic heterocycles. The smallest absolute Gasteiger partial charge is 0.410 e. The molecule has 354 valence electrons. The van der Waals surface area contributed by atoms with Gasteiger partial charge in [0.1, 0.15) is 16.8 Å². The van der Waals surface area contributed by atoms with Crippen LogP contribution < -0.4 is 5.32 Å². The van der Waals surface area contributed by atoms with Crippen LogP contribution in [-0.4, -0.2) is 92.0 Å². The summed E-state index contributed by atoms with van der Waals surface area (Å²) in [6.45, 7) is 39.4. The summed E-state index contributed by atoms with van der Waals surface area (Å²) >= 11 is 0. The molecule has 4 saturated carbocycles. The zero-order valence-electron chi connectivity index (χ0n) is 42.3. The van der Waals surface area contributed by atoms with Gasteiger partial charge in [-0.25, -0.2) is 14.4 Å². The number of nitrogens with one attached hydrogen (secondary N) is 1. The summed E-state index contributed by atoms with van der Waals surface area (Å²) in [7, 11) is -1.79. The van der Waals surface area contributed by atoms with Gasteiger partial charge in [0.15, 0.2) is 8.32 Å². The first-order valence-electron chi connectivity index (χ1n) is 24.5. The van der Waals surface area contributed by atoms with E-state index in [9.17, 15) is 14.4 Å². The van der Waals surface area contributed by atoms with Gasteiger partial charge in [-0.1, -0.05) is 41.5 Å². The Labute approximate surface area is 374 Å². The van der Waals surface area contributed by atoms with Crippen LogP contribution in [0.25, 0.3) is 0 Å². The van der Waals surface area contributed by atoms with Crippen LogP contribution in [0.1, 0.15) is 181 Å². The van der Waals surface area contributed by atoms with Crippen molar-refractivity contribution in [2.45, 2.75) is 222 Å². The molecule has 0 spiro atoms. The molecule has 4 fully saturated rings. The summed E-state index contributed by atoms with van der Waals surface area (Å²) in [5.74, 6) is 4.26. The molecule has 0 saturated heterocycles. The molecule has 0 unspecified atom stereocenters. The van der Waals surface area contributed by atoms with Crippen LogP contribution in [-0.2, 0) is 18.6 Å². The average Bonchev–Trinajstić information content (AvgIpc) is 3.45. The van der Waals surface area contributed by atoms with Crippen molar-refractivity contribution in [3.8, 4) is 0 Å². The van der Waals surface area contributed by atoms with Crippen molar-refractivity contribution in [1.82, 2.24) is 15.1 Å². The second-order valence-electron chi connectivity index (χ2n) is 25.0. The third-order valence-corrected chi connectivity index (χ3v) is 20.5. The Bertz CT molecular complexity index is 1480. The van der Waals surface area contributed by atoms with Crippen molar-refractivity contribution in [2.24, 2.45) is 46.3 Å². The Kier molecular flexibility index (Phi) is 16.6. The number of fused-ring (bicyclic) bond motifs is 5. The van der Waals surface area contributed by atoms with E-state index in [-0.39, 0.29) is 23.3 Å². The van der Waals surface area contributed by atoms with Crippen molar-refractivity contribution in [3.63, 3.8) is 0 Å². The van der Waals surface area contributed by atoms with E-state index in [0.717, 1.165) is 49.5 Å². The number of carbonyl (C=O) groups excluding carboxylic acids is 3. The second kappa shape index (κ2) is 19.6. The number of unbranched alkanes of at least 4 members (excludes halogenated alkanes) is 1. The van der Waals surface area contributed by atoms with Crippen LogP contribution in [0.4, 0.5) is 14.4 Å². The quantitative estimate of drug-likeness (QED) is 0.105. The highest BCUT2D eigenvalue weighted by Crippen LogP contribution is 2.68. The van der Waals surface area contributed by atoms with E-state index in [1.54, 1.807) is 4.90 Å². The minimum absolute atomic E-state index is 0.116. The summed E-state index contributed by atoms with van der Waals surface area (Å²) in [6.07, 6.45) is 12.1. The molecule has 61 heavy (non-hydrogen) atoms. The number of alkyl carbamates (subject to hydrolysis) is 1. The van der Waals surface area contributed by atoms with Crippen LogP contribution in [0.5, 0.6) is 0 Å². The first kappa shape index (κ1) is 51.6. The number of rotatable bonds is 14. The predicted molar refractivity (Wildman–Crippen MR) is 250 cm³/mol. The minimum Gasteiger partial charge on any atom is -0.444 e. The molecule has 0 heterocycles. The predicted octanol–water partition coefficient (Wildman–Crippen LogP) is 12.8. The molecule has 0 radical (unpaired) electrons. The largest absolute Gasteiger partial charge is 0.444 e. The lowest BCUT2D eigenvalue weighted by molar-refractivity contribution is -0.124. The fourth-order valence-electron chi connectivity index (χ4n) is 11.9. The molecule has 0 aromatic rings. The van der Waals surface area contributed by atoms with Gasteiger partial charge < -0.3 is 33.8 Å². The maximum absolute atomic E-state index is 14.1. The number of amides is 3. The molecule has 4 aliphatic carbocycles. The normalized spacial score (nSPS) is 30.0. The first-order valence-corrected chi connectivity index (χ1v) is 27.4. The summed E-state index contributed by atoms with van der Waals surface area (Å²) in [4.78, 5) is 43.4. The van der Waals surface area contributed by atoms with Gasteiger partial charge in [0.25, 0.3) is 0 Å². The van der Waals surface area contributed by atoms with Crippen LogP contribution in [0.15, 0.2) is 0 Å². The van der Waals surface area contributed by atoms with Crippen molar-refractivity contribution >= 4 is 26.6 Å². The Morgan fingerprint density at radius 3 is 1.87 bits per heavy atom. The molecule has 0 aromatic carbocycles. The van der Waals surface area contributed by atoms with E-state index in [0.29, 0.717) is 68.1 Å². The third-order valence-electron chi connectivity index (χ3n) is 16.0. The SMILES string of the molecule is C[C@H](CO[Si](C)(C)C(C)(C)C)[C@H]1CC[C@H]2[C@@H]3CC[C@H]4C[C@@H](N(CCCN(CCCCNC(=O)OC(C)(C)C)C(=O)OC(C)(C)C)C(=O)OC(C)(C)C)CC[C@]4(C)[C@H]3CC[C@]12C. The molecule has 0 aliphatic heterocycles. The summed E-state index contributed by atoms with van der Waals surface area (Å²) in [5.41, 5.74) is -1.09. The number of ether oxygens (including phenoxy) is 3. The van der Waals surface area contributed by atoms with E-state index in [4.69, 9.17) is 18.6 Å². The highest BCUT2D eigenvalue weighted by Gasteiger charge is 2.61. The van der Waals surface area contributed by atoms with Crippen LogP contribution >= 0.6 is 0 Å². The molecule has 1 N–H and O–H groups in total.